The van der Waals surface area contributed by atoms with Crippen LogP contribution in [0.15, 0.2) is 53.4 Å². The molecule has 0 aliphatic carbocycles. The fraction of sp³-hybridized carbons (Fsp3) is 0.105. The van der Waals surface area contributed by atoms with E-state index in [-0.39, 0.29) is 4.91 Å². The molecule has 2 N–H and O–H groups in total. The minimum atomic E-state index is -0.740. The lowest BCUT2D eigenvalue weighted by Gasteiger charge is -2.09. The molecule has 1 fully saturated rings. The van der Waals surface area contributed by atoms with Crippen LogP contribution in [0, 0.1) is 0 Å². The number of amides is 3. The van der Waals surface area contributed by atoms with Crippen molar-refractivity contribution >= 4 is 46.5 Å². The van der Waals surface area contributed by atoms with E-state index in [1.165, 1.54) is 0 Å². The van der Waals surface area contributed by atoms with Crippen LogP contribution in [0.2, 0.25) is 5.02 Å². The summed E-state index contributed by atoms with van der Waals surface area (Å²) >= 11 is 6.63. The first-order chi connectivity index (χ1) is 12.9. The van der Waals surface area contributed by atoms with Gasteiger partial charge in [0.1, 0.15) is 18.9 Å². The van der Waals surface area contributed by atoms with E-state index < -0.39 is 23.6 Å². The third-order valence-electron chi connectivity index (χ3n) is 3.66. The van der Waals surface area contributed by atoms with Crippen molar-refractivity contribution < 1.29 is 19.1 Å². The zero-order valence-corrected chi connectivity index (χ0v) is 15.6. The number of primary amides is 1. The Bertz CT molecular complexity index is 928. The van der Waals surface area contributed by atoms with Crippen LogP contribution in [-0.4, -0.2) is 28.5 Å². The first kappa shape index (κ1) is 19.0. The lowest BCUT2D eigenvalue weighted by molar-refractivity contribution is -0.127. The van der Waals surface area contributed by atoms with Gasteiger partial charge in [0.2, 0.25) is 5.91 Å². The van der Waals surface area contributed by atoms with Gasteiger partial charge in [-0.1, -0.05) is 35.9 Å². The van der Waals surface area contributed by atoms with Crippen LogP contribution in [0.5, 0.6) is 5.75 Å². The van der Waals surface area contributed by atoms with Gasteiger partial charge < -0.3 is 10.5 Å². The Labute approximate surface area is 164 Å². The van der Waals surface area contributed by atoms with E-state index in [2.05, 4.69) is 0 Å². The summed E-state index contributed by atoms with van der Waals surface area (Å²) in [6.07, 6.45) is 1.58. The number of benzene rings is 2. The molecule has 2 aromatic rings. The molecule has 0 spiro atoms. The third-order valence-corrected chi connectivity index (χ3v) is 4.82. The maximum absolute atomic E-state index is 12.2. The SMILES string of the molecule is NC(=O)CN1C(=O)S/C(=C\c2cccc(OCc3ccc(Cl)cc3)c2)C1=O. The molecule has 0 atom stereocenters. The smallest absolute Gasteiger partial charge is 0.294 e. The van der Waals surface area contributed by atoms with Crippen LogP contribution in [0.3, 0.4) is 0 Å². The summed E-state index contributed by atoms with van der Waals surface area (Å²) in [6.45, 7) is -0.0536. The number of carbonyl (C=O) groups excluding carboxylic acids is 3. The second-order valence-corrected chi connectivity index (χ2v) is 7.15. The van der Waals surface area contributed by atoms with Crippen LogP contribution >= 0.6 is 23.4 Å². The summed E-state index contributed by atoms with van der Waals surface area (Å²) in [6, 6.07) is 14.5. The molecule has 8 heteroatoms. The van der Waals surface area contributed by atoms with Crippen molar-refractivity contribution in [2.24, 2.45) is 5.73 Å². The molecule has 3 rings (SSSR count). The molecule has 0 unspecified atom stereocenters. The first-order valence-corrected chi connectivity index (χ1v) is 9.13. The Balaban J connectivity index is 1.71. The van der Waals surface area contributed by atoms with Gasteiger partial charge in [0.05, 0.1) is 4.91 Å². The minimum Gasteiger partial charge on any atom is -0.489 e. The zero-order chi connectivity index (χ0) is 19.4. The van der Waals surface area contributed by atoms with Crippen molar-refractivity contribution in [3.63, 3.8) is 0 Å². The quantitative estimate of drug-likeness (QED) is 0.747. The summed E-state index contributed by atoms with van der Waals surface area (Å²) in [5.41, 5.74) is 6.74. The number of halogens is 1. The van der Waals surface area contributed by atoms with Gasteiger partial charge in [0.15, 0.2) is 0 Å². The molecule has 2 aromatic carbocycles. The highest BCUT2D eigenvalue weighted by molar-refractivity contribution is 8.18. The maximum atomic E-state index is 12.2. The van der Waals surface area contributed by atoms with E-state index in [4.69, 9.17) is 22.1 Å². The van der Waals surface area contributed by atoms with E-state index in [1.54, 1.807) is 42.5 Å². The van der Waals surface area contributed by atoms with Gasteiger partial charge in [0, 0.05) is 5.02 Å². The molecule has 0 radical (unpaired) electrons. The molecule has 1 saturated heterocycles. The standard InChI is InChI=1S/C19H15ClN2O4S/c20-14-6-4-12(5-7-14)11-26-15-3-1-2-13(8-15)9-16-18(24)22(10-17(21)23)19(25)27-16/h1-9H,10-11H2,(H2,21,23)/b16-9-. The minimum absolute atomic E-state index is 0.233. The van der Waals surface area contributed by atoms with E-state index in [1.807, 2.05) is 12.1 Å². The molecule has 27 heavy (non-hydrogen) atoms. The van der Waals surface area contributed by atoms with Crippen molar-refractivity contribution in [2.45, 2.75) is 6.61 Å². The number of nitrogens with two attached hydrogens (primary N) is 1. The van der Waals surface area contributed by atoms with E-state index in [0.29, 0.717) is 22.9 Å². The number of thioether (sulfide) groups is 1. The van der Waals surface area contributed by atoms with Gasteiger partial charge in [0.25, 0.3) is 11.1 Å². The largest absolute Gasteiger partial charge is 0.489 e. The van der Waals surface area contributed by atoms with Crippen molar-refractivity contribution in [2.75, 3.05) is 6.54 Å². The average Bonchev–Trinajstić information content (AvgIpc) is 2.89. The second-order valence-electron chi connectivity index (χ2n) is 5.72. The van der Waals surface area contributed by atoms with Crippen LogP contribution < -0.4 is 10.5 Å². The van der Waals surface area contributed by atoms with Crippen molar-refractivity contribution in [1.29, 1.82) is 0 Å². The topological polar surface area (TPSA) is 89.7 Å². The highest BCUT2D eigenvalue weighted by atomic mass is 35.5. The predicted molar refractivity (Wildman–Crippen MR) is 104 cm³/mol. The lowest BCUT2D eigenvalue weighted by atomic mass is 10.2. The van der Waals surface area contributed by atoms with E-state index >= 15 is 0 Å². The molecule has 1 heterocycles. The molecular weight excluding hydrogens is 388 g/mol. The van der Waals surface area contributed by atoms with Gasteiger partial charge in [-0.05, 0) is 53.2 Å². The van der Waals surface area contributed by atoms with Gasteiger partial charge in [-0.25, -0.2) is 0 Å². The highest BCUT2D eigenvalue weighted by Crippen LogP contribution is 2.32. The number of hydrogen-bond donors (Lipinski definition) is 1. The molecule has 0 saturated carbocycles. The highest BCUT2D eigenvalue weighted by Gasteiger charge is 2.35. The Morgan fingerprint density at radius 1 is 1.19 bits per heavy atom. The van der Waals surface area contributed by atoms with Gasteiger partial charge in [-0.15, -0.1) is 0 Å². The molecule has 0 aromatic heterocycles. The predicted octanol–water partition coefficient (Wildman–Crippen LogP) is 3.44. The second kappa shape index (κ2) is 8.28. The zero-order valence-electron chi connectivity index (χ0n) is 14.1. The van der Waals surface area contributed by atoms with Crippen molar-refractivity contribution in [3.05, 3.63) is 69.6 Å². The monoisotopic (exact) mass is 402 g/mol. The molecule has 1 aliphatic heterocycles. The van der Waals surface area contributed by atoms with Crippen molar-refractivity contribution in [1.82, 2.24) is 4.90 Å². The Morgan fingerprint density at radius 2 is 1.93 bits per heavy atom. The number of nitrogens with zero attached hydrogens (tertiary/aromatic N) is 1. The van der Waals surface area contributed by atoms with Crippen molar-refractivity contribution in [3.8, 4) is 5.75 Å². The Kier molecular flexibility index (Phi) is 5.83. The van der Waals surface area contributed by atoms with Gasteiger partial charge in [-0.2, -0.15) is 0 Å². The molecule has 3 amide bonds. The lowest BCUT2D eigenvalue weighted by Crippen LogP contribution is -2.36. The summed E-state index contributed by atoms with van der Waals surface area (Å²) in [5.74, 6) is -0.650. The number of carbonyl (C=O) groups is 3. The average molecular weight is 403 g/mol. The van der Waals surface area contributed by atoms with Crippen LogP contribution in [0.4, 0.5) is 4.79 Å². The molecule has 1 aliphatic rings. The summed E-state index contributed by atoms with van der Waals surface area (Å²) < 4.78 is 5.76. The van der Waals surface area contributed by atoms with Gasteiger partial charge in [-0.3, -0.25) is 19.3 Å². The summed E-state index contributed by atoms with van der Waals surface area (Å²) in [4.78, 5) is 36.2. The van der Waals surface area contributed by atoms with E-state index in [9.17, 15) is 14.4 Å². The van der Waals surface area contributed by atoms with Crippen LogP contribution in [0.1, 0.15) is 11.1 Å². The molecule has 138 valence electrons. The summed E-state index contributed by atoms with van der Waals surface area (Å²) in [7, 11) is 0. The van der Waals surface area contributed by atoms with E-state index in [0.717, 1.165) is 22.2 Å². The molecule has 0 bridgehead atoms. The number of imide groups is 1. The van der Waals surface area contributed by atoms with Crippen LogP contribution in [0.25, 0.3) is 6.08 Å². The normalized spacial score (nSPS) is 15.4. The molecular formula is C19H15ClN2O4S. The summed E-state index contributed by atoms with van der Waals surface area (Å²) in [5, 5.41) is 0.145. The number of rotatable bonds is 6. The maximum Gasteiger partial charge on any atom is 0.294 e. The Morgan fingerprint density at radius 3 is 2.63 bits per heavy atom. The number of hydrogen-bond acceptors (Lipinski definition) is 5. The Hall–Kier alpha value is -2.77. The fourth-order valence-electron chi connectivity index (χ4n) is 2.38. The first-order valence-electron chi connectivity index (χ1n) is 7.93. The molecule has 6 nitrogen and oxygen atoms in total. The third kappa shape index (κ3) is 4.90. The fourth-order valence-corrected chi connectivity index (χ4v) is 3.35. The van der Waals surface area contributed by atoms with Crippen LogP contribution in [-0.2, 0) is 16.2 Å². The number of ether oxygens (including phenoxy) is 1. The van der Waals surface area contributed by atoms with Gasteiger partial charge >= 0.3 is 0 Å².